The summed E-state index contributed by atoms with van der Waals surface area (Å²) >= 11 is 3.42. The lowest BCUT2D eigenvalue weighted by Crippen LogP contribution is -2.38. The summed E-state index contributed by atoms with van der Waals surface area (Å²) < 4.78 is 1.04. The van der Waals surface area contributed by atoms with E-state index in [2.05, 4.69) is 21.2 Å². The molecule has 0 saturated carbocycles. The molecule has 1 saturated heterocycles. The minimum atomic E-state index is 0.00754. The van der Waals surface area contributed by atoms with E-state index >= 15 is 0 Å². The predicted octanol–water partition coefficient (Wildman–Crippen LogP) is 4.01. The Bertz CT molecular complexity index is 451. The van der Waals surface area contributed by atoms with Crippen LogP contribution in [-0.4, -0.2) is 24.0 Å². The number of nitrogens with one attached hydrogen (secondary N) is 1. The van der Waals surface area contributed by atoms with Crippen molar-refractivity contribution in [2.24, 2.45) is 0 Å². The summed E-state index contributed by atoms with van der Waals surface area (Å²) in [5.41, 5.74) is 1.06. The monoisotopic (exact) mass is 322 g/mol. The van der Waals surface area contributed by atoms with Crippen molar-refractivity contribution >= 4 is 28.0 Å². The van der Waals surface area contributed by atoms with E-state index in [1.54, 1.807) is 6.20 Å². The molecule has 4 heteroatoms. The lowest BCUT2D eigenvalue weighted by Gasteiger charge is -2.19. The number of urea groups is 1. The van der Waals surface area contributed by atoms with Gasteiger partial charge in [0.05, 0.1) is 0 Å². The van der Waals surface area contributed by atoms with Gasteiger partial charge in [0.25, 0.3) is 0 Å². The number of halogens is 1. The number of carbonyl (C=O) groups excluding carboxylic acids is 1. The van der Waals surface area contributed by atoms with Gasteiger partial charge in [-0.2, -0.15) is 0 Å². The summed E-state index contributed by atoms with van der Waals surface area (Å²) in [4.78, 5) is 13.9. The maximum Gasteiger partial charge on any atom is 0.321 e. The number of likely N-dealkylation sites (tertiary alicyclic amines) is 1. The molecular formula is C15H19BrN2O. The van der Waals surface area contributed by atoms with Crippen LogP contribution in [0.5, 0.6) is 0 Å². The van der Waals surface area contributed by atoms with Gasteiger partial charge in [0, 0.05) is 23.8 Å². The second-order valence-corrected chi connectivity index (χ2v) is 5.65. The van der Waals surface area contributed by atoms with Crippen molar-refractivity contribution in [1.29, 1.82) is 0 Å². The highest BCUT2D eigenvalue weighted by Gasteiger charge is 2.13. The molecule has 2 amide bonds. The molecule has 1 N–H and O–H groups in total. The van der Waals surface area contributed by atoms with Crippen LogP contribution in [0.4, 0.5) is 4.79 Å². The van der Waals surface area contributed by atoms with E-state index in [1.165, 1.54) is 12.8 Å². The summed E-state index contributed by atoms with van der Waals surface area (Å²) in [6, 6.07) is 7.97. The van der Waals surface area contributed by atoms with Crippen molar-refractivity contribution in [1.82, 2.24) is 10.2 Å². The van der Waals surface area contributed by atoms with E-state index in [0.717, 1.165) is 36.0 Å². The van der Waals surface area contributed by atoms with Crippen LogP contribution >= 0.6 is 15.9 Å². The molecule has 1 fully saturated rings. The van der Waals surface area contributed by atoms with E-state index in [4.69, 9.17) is 0 Å². The molecule has 0 atom stereocenters. The number of hydrogen-bond acceptors (Lipinski definition) is 1. The lowest BCUT2D eigenvalue weighted by molar-refractivity contribution is 0.203. The van der Waals surface area contributed by atoms with Gasteiger partial charge >= 0.3 is 6.03 Å². The molecule has 1 aromatic carbocycles. The largest absolute Gasteiger partial charge is 0.325 e. The zero-order chi connectivity index (χ0) is 13.5. The summed E-state index contributed by atoms with van der Waals surface area (Å²) in [5, 5.41) is 2.84. The predicted molar refractivity (Wildman–Crippen MR) is 81.7 cm³/mol. The Hall–Kier alpha value is -1.29. The Morgan fingerprint density at radius 3 is 2.63 bits per heavy atom. The Balaban J connectivity index is 1.85. The van der Waals surface area contributed by atoms with Crippen molar-refractivity contribution in [2.75, 3.05) is 13.1 Å². The lowest BCUT2D eigenvalue weighted by atomic mass is 10.2. The third kappa shape index (κ3) is 4.71. The average molecular weight is 323 g/mol. The average Bonchev–Trinajstić information content (AvgIpc) is 2.67. The van der Waals surface area contributed by atoms with Crippen molar-refractivity contribution in [3.8, 4) is 0 Å². The number of amides is 2. The highest BCUT2D eigenvalue weighted by molar-refractivity contribution is 9.10. The quantitative estimate of drug-likeness (QED) is 0.876. The molecule has 0 unspecified atom stereocenters. The highest BCUT2D eigenvalue weighted by Crippen LogP contribution is 2.12. The normalized spacial score (nSPS) is 16.4. The highest BCUT2D eigenvalue weighted by atomic mass is 79.9. The van der Waals surface area contributed by atoms with Gasteiger partial charge in [0.1, 0.15) is 0 Å². The smallest absolute Gasteiger partial charge is 0.321 e. The van der Waals surface area contributed by atoms with E-state index in [-0.39, 0.29) is 6.03 Å². The van der Waals surface area contributed by atoms with Gasteiger partial charge in [-0.15, -0.1) is 0 Å². The van der Waals surface area contributed by atoms with E-state index in [9.17, 15) is 4.79 Å². The summed E-state index contributed by atoms with van der Waals surface area (Å²) in [6.45, 7) is 1.74. The van der Waals surface area contributed by atoms with Gasteiger partial charge < -0.3 is 10.2 Å². The zero-order valence-corrected chi connectivity index (χ0v) is 12.5. The summed E-state index contributed by atoms with van der Waals surface area (Å²) in [7, 11) is 0. The van der Waals surface area contributed by atoms with Crippen molar-refractivity contribution in [3.05, 3.63) is 40.5 Å². The van der Waals surface area contributed by atoms with Gasteiger partial charge in [-0.3, -0.25) is 0 Å². The molecule has 0 spiro atoms. The van der Waals surface area contributed by atoms with Crippen LogP contribution in [0, 0.1) is 0 Å². The Kier molecular flexibility index (Phi) is 5.45. The fourth-order valence-electron chi connectivity index (χ4n) is 2.18. The number of nitrogens with zero attached hydrogens (tertiary/aromatic N) is 1. The molecule has 0 aromatic heterocycles. The van der Waals surface area contributed by atoms with Gasteiger partial charge in [-0.25, -0.2) is 4.79 Å². The first kappa shape index (κ1) is 14.1. The molecule has 0 bridgehead atoms. The minimum Gasteiger partial charge on any atom is -0.325 e. The Labute approximate surface area is 122 Å². The maximum absolute atomic E-state index is 12.0. The molecule has 0 radical (unpaired) electrons. The first-order valence-electron chi connectivity index (χ1n) is 6.73. The second-order valence-electron chi connectivity index (χ2n) is 4.74. The molecule has 1 aromatic rings. The molecule has 2 rings (SSSR count). The van der Waals surface area contributed by atoms with Gasteiger partial charge in [-0.05, 0) is 36.6 Å². The SMILES string of the molecule is O=C(N/C=C/c1cccc(Br)c1)N1CCCCCC1. The van der Waals surface area contributed by atoms with Crippen LogP contribution in [-0.2, 0) is 0 Å². The fourth-order valence-corrected chi connectivity index (χ4v) is 2.60. The molecule has 1 heterocycles. The first-order valence-corrected chi connectivity index (χ1v) is 7.52. The molecule has 0 aliphatic carbocycles. The standard InChI is InChI=1S/C15H19BrN2O/c16-14-7-5-6-13(12-14)8-9-17-15(19)18-10-3-1-2-4-11-18/h5-9,12H,1-4,10-11H2,(H,17,19)/b9-8+. The molecule has 1 aliphatic heterocycles. The minimum absolute atomic E-state index is 0.00754. The van der Waals surface area contributed by atoms with E-state index in [0.29, 0.717) is 0 Å². The first-order chi connectivity index (χ1) is 9.25. The summed E-state index contributed by atoms with van der Waals surface area (Å²) in [6.07, 6.45) is 8.32. The molecule has 102 valence electrons. The van der Waals surface area contributed by atoms with Crippen LogP contribution in [0.2, 0.25) is 0 Å². The third-order valence-corrected chi connectivity index (χ3v) is 3.72. The number of hydrogen-bond donors (Lipinski definition) is 1. The van der Waals surface area contributed by atoms with Crippen molar-refractivity contribution < 1.29 is 4.79 Å². The topological polar surface area (TPSA) is 32.3 Å². The van der Waals surface area contributed by atoms with Crippen LogP contribution in [0.25, 0.3) is 6.08 Å². The van der Waals surface area contributed by atoms with Gasteiger partial charge in [0.15, 0.2) is 0 Å². The van der Waals surface area contributed by atoms with Crippen LogP contribution in [0.1, 0.15) is 31.2 Å². The van der Waals surface area contributed by atoms with Crippen LogP contribution in [0.15, 0.2) is 34.9 Å². The van der Waals surface area contributed by atoms with Crippen LogP contribution in [0.3, 0.4) is 0 Å². The van der Waals surface area contributed by atoms with Gasteiger partial charge in [-0.1, -0.05) is 40.9 Å². The number of rotatable bonds is 2. The Morgan fingerprint density at radius 1 is 1.21 bits per heavy atom. The fraction of sp³-hybridized carbons (Fsp3) is 0.400. The zero-order valence-electron chi connectivity index (χ0n) is 10.9. The molecular weight excluding hydrogens is 304 g/mol. The molecule has 19 heavy (non-hydrogen) atoms. The second kappa shape index (κ2) is 7.34. The van der Waals surface area contributed by atoms with E-state index in [1.807, 2.05) is 35.2 Å². The maximum atomic E-state index is 12.0. The van der Waals surface area contributed by atoms with Crippen molar-refractivity contribution in [2.45, 2.75) is 25.7 Å². The van der Waals surface area contributed by atoms with Crippen molar-refractivity contribution in [3.63, 3.8) is 0 Å². The number of carbonyl (C=O) groups is 1. The Morgan fingerprint density at radius 2 is 1.95 bits per heavy atom. The molecule has 1 aliphatic rings. The van der Waals surface area contributed by atoms with E-state index < -0.39 is 0 Å². The third-order valence-electron chi connectivity index (χ3n) is 3.22. The van der Waals surface area contributed by atoms with Crippen LogP contribution < -0.4 is 5.32 Å². The summed E-state index contributed by atoms with van der Waals surface area (Å²) in [5.74, 6) is 0. The van der Waals surface area contributed by atoms with Gasteiger partial charge in [0.2, 0.25) is 0 Å². The number of benzene rings is 1. The molecule has 3 nitrogen and oxygen atoms in total.